The molecule has 82 valence electrons. The highest BCUT2D eigenvalue weighted by Gasteiger charge is 2.13. The van der Waals surface area contributed by atoms with Crippen LogP contribution < -0.4 is 11.5 Å². The second-order valence-corrected chi connectivity index (χ2v) is 3.44. The smallest absolute Gasteiger partial charge is 0.303 e. The van der Waals surface area contributed by atoms with Crippen LogP contribution in [-0.4, -0.2) is 5.97 Å². The highest BCUT2D eigenvalue weighted by molar-refractivity contribution is 5.66. The van der Waals surface area contributed by atoms with Gasteiger partial charge in [0.15, 0.2) is 0 Å². The number of benzene rings is 1. The summed E-state index contributed by atoms with van der Waals surface area (Å²) in [7, 11) is 0. The van der Waals surface area contributed by atoms with Crippen molar-refractivity contribution >= 4 is 17.3 Å². The predicted octanol–water partition coefficient (Wildman–Crippen LogP) is 1.87. The fraction of sp³-hybridized carbons (Fsp3) is 0.364. The van der Waals surface area contributed by atoms with Crippen molar-refractivity contribution in [2.45, 2.75) is 26.4 Å². The van der Waals surface area contributed by atoms with Crippen molar-refractivity contribution in [3.63, 3.8) is 0 Å². The largest absolute Gasteiger partial charge is 0.458 e. The number of nitrogens with two attached hydrogens (primary N) is 2. The molecule has 1 rings (SSSR count). The molecule has 1 atom stereocenters. The SMILES string of the molecule is CCC(OC(C)=O)c1cc(N)cc(N)c1. The lowest BCUT2D eigenvalue weighted by molar-refractivity contribution is -0.146. The Hall–Kier alpha value is -1.71. The molecule has 0 aliphatic rings. The normalized spacial score (nSPS) is 12.1. The van der Waals surface area contributed by atoms with Crippen molar-refractivity contribution in [1.82, 2.24) is 0 Å². The Morgan fingerprint density at radius 1 is 1.33 bits per heavy atom. The van der Waals surface area contributed by atoms with Crippen LogP contribution in [0.25, 0.3) is 0 Å². The van der Waals surface area contributed by atoms with E-state index in [1.807, 2.05) is 6.92 Å². The maximum absolute atomic E-state index is 10.9. The lowest BCUT2D eigenvalue weighted by atomic mass is 10.1. The first-order valence-electron chi connectivity index (χ1n) is 4.86. The van der Waals surface area contributed by atoms with Crippen molar-refractivity contribution in [3.8, 4) is 0 Å². The Kier molecular flexibility index (Phi) is 3.55. The molecule has 4 nitrogen and oxygen atoms in total. The molecule has 0 radical (unpaired) electrons. The van der Waals surface area contributed by atoms with Gasteiger partial charge in [0, 0.05) is 18.3 Å². The third-order valence-corrected chi connectivity index (χ3v) is 2.05. The van der Waals surface area contributed by atoms with Crippen LogP contribution in [0.2, 0.25) is 0 Å². The molecule has 0 aliphatic heterocycles. The molecule has 0 spiro atoms. The fourth-order valence-corrected chi connectivity index (χ4v) is 1.48. The summed E-state index contributed by atoms with van der Waals surface area (Å²) in [4.78, 5) is 10.9. The quantitative estimate of drug-likeness (QED) is 0.587. The number of carbonyl (C=O) groups excluding carboxylic acids is 1. The van der Waals surface area contributed by atoms with Crippen LogP contribution in [-0.2, 0) is 9.53 Å². The second-order valence-electron chi connectivity index (χ2n) is 3.44. The first kappa shape index (κ1) is 11.4. The van der Waals surface area contributed by atoms with Crippen molar-refractivity contribution in [2.75, 3.05) is 11.5 Å². The highest BCUT2D eigenvalue weighted by atomic mass is 16.5. The monoisotopic (exact) mass is 208 g/mol. The van der Waals surface area contributed by atoms with Gasteiger partial charge in [0.1, 0.15) is 6.10 Å². The Morgan fingerprint density at radius 3 is 2.27 bits per heavy atom. The molecule has 1 aromatic rings. The summed E-state index contributed by atoms with van der Waals surface area (Å²) < 4.78 is 5.15. The molecular formula is C11H16N2O2. The molecule has 0 saturated carbocycles. The zero-order valence-corrected chi connectivity index (χ0v) is 8.99. The standard InChI is InChI=1S/C11H16N2O2/c1-3-11(15-7(2)14)8-4-9(12)6-10(13)5-8/h4-6,11H,3,12-13H2,1-2H3. The van der Waals surface area contributed by atoms with Gasteiger partial charge in [0.2, 0.25) is 0 Å². The molecule has 15 heavy (non-hydrogen) atoms. The van der Waals surface area contributed by atoms with E-state index in [1.165, 1.54) is 6.92 Å². The average Bonchev–Trinajstić information content (AvgIpc) is 2.12. The summed E-state index contributed by atoms with van der Waals surface area (Å²) in [6.45, 7) is 3.32. The topological polar surface area (TPSA) is 78.3 Å². The summed E-state index contributed by atoms with van der Waals surface area (Å²) in [5.41, 5.74) is 13.3. The number of ether oxygens (including phenoxy) is 1. The molecule has 0 heterocycles. The van der Waals surface area contributed by atoms with E-state index in [0.717, 1.165) is 5.56 Å². The van der Waals surface area contributed by atoms with E-state index in [-0.39, 0.29) is 12.1 Å². The van der Waals surface area contributed by atoms with E-state index >= 15 is 0 Å². The molecule has 1 aromatic carbocycles. The zero-order chi connectivity index (χ0) is 11.4. The third-order valence-electron chi connectivity index (χ3n) is 2.05. The van der Waals surface area contributed by atoms with Gasteiger partial charge in [0.25, 0.3) is 0 Å². The lowest BCUT2D eigenvalue weighted by Crippen LogP contribution is -2.08. The number of rotatable bonds is 3. The Labute approximate surface area is 89.2 Å². The van der Waals surface area contributed by atoms with Gasteiger partial charge in [-0.1, -0.05) is 6.92 Å². The molecule has 0 aromatic heterocycles. The van der Waals surface area contributed by atoms with E-state index in [4.69, 9.17) is 16.2 Å². The number of hydrogen-bond acceptors (Lipinski definition) is 4. The van der Waals surface area contributed by atoms with Gasteiger partial charge in [-0.15, -0.1) is 0 Å². The van der Waals surface area contributed by atoms with Gasteiger partial charge in [-0.2, -0.15) is 0 Å². The summed E-state index contributed by atoms with van der Waals surface area (Å²) in [6, 6.07) is 5.21. The van der Waals surface area contributed by atoms with Gasteiger partial charge in [-0.25, -0.2) is 0 Å². The minimum atomic E-state index is -0.303. The van der Waals surface area contributed by atoms with Crippen LogP contribution in [0.15, 0.2) is 18.2 Å². The number of carbonyl (C=O) groups is 1. The molecular weight excluding hydrogens is 192 g/mol. The van der Waals surface area contributed by atoms with Crippen LogP contribution >= 0.6 is 0 Å². The van der Waals surface area contributed by atoms with Crippen LogP contribution in [0.3, 0.4) is 0 Å². The first-order valence-corrected chi connectivity index (χ1v) is 4.86. The van der Waals surface area contributed by atoms with E-state index < -0.39 is 0 Å². The van der Waals surface area contributed by atoms with Gasteiger partial charge in [0.05, 0.1) is 0 Å². The molecule has 0 aliphatic carbocycles. The molecule has 0 fully saturated rings. The number of hydrogen-bond donors (Lipinski definition) is 2. The Balaban J connectivity index is 2.95. The first-order chi connectivity index (χ1) is 7.02. The van der Waals surface area contributed by atoms with Crippen molar-refractivity contribution in [1.29, 1.82) is 0 Å². The molecule has 4 heteroatoms. The molecule has 0 amide bonds. The van der Waals surface area contributed by atoms with E-state index in [2.05, 4.69) is 0 Å². The Bertz CT molecular complexity index is 343. The maximum atomic E-state index is 10.9. The summed E-state index contributed by atoms with van der Waals surface area (Å²) in [5, 5.41) is 0. The minimum absolute atomic E-state index is 0.270. The summed E-state index contributed by atoms with van der Waals surface area (Å²) in [6.07, 6.45) is 0.427. The Morgan fingerprint density at radius 2 is 1.87 bits per heavy atom. The minimum Gasteiger partial charge on any atom is -0.458 e. The second kappa shape index (κ2) is 4.68. The van der Waals surface area contributed by atoms with E-state index in [0.29, 0.717) is 17.8 Å². The van der Waals surface area contributed by atoms with E-state index in [1.54, 1.807) is 18.2 Å². The van der Waals surface area contributed by atoms with Gasteiger partial charge < -0.3 is 16.2 Å². The van der Waals surface area contributed by atoms with Crippen LogP contribution in [0.1, 0.15) is 31.9 Å². The number of esters is 1. The van der Waals surface area contributed by atoms with Crippen molar-refractivity contribution in [2.24, 2.45) is 0 Å². The lowest BCUT2D eigenvalue weighted by Gasteiger charge is -2.16. The highest BCUT2D eigenvalue weighted by Crippen LogP contribution is 2.25. The molecule has 0 bridgehead atoms. The molecule has 4 N–H and O–H groups in total. The zero-order valence-electron chi connectivity index (χ0n) is 8.99. The molecule has 0 saturated heterocycles. The van der Waals surface area contributed by atoms with Crippen molar-refractivity contribution < 1.29 is 9.53 Å². The van der Waals surface area contributed by atoms with E-state index in [9.17, 15) is 4.79 Å². The average molecular weight is 208 g/mol. The van der Waals surface area contributed by atoms with Gasteiger partial charge >= 0.3 is 5.97 Å². The summed E-state index contributed by atoms with van der Waals surface area (Å²) in [5.74, 6) is -0.303. The number of anilines is 2. The molecule has 1 unspecified atom stereocenters. The van der Waals surface area contributed by atoms with Crippen molar-refractivity contribution in [3.05, 3.63) is 23.8 Å². The third kappa shape index (κ3) is 3.16. The van der Waals surface area contributed by atoms with Gasteiger partial charge in [-0.3, -0.25) is 4.79 Å². The van der Waals surface area contributed by atoms with Crippen LogP contribution in [0, 0.1) is 0 Å². The fourth-order valence-electron chi connectivity index (χ4n) is 1.48. The van der Waals surface area contributed by atoms with Gasteiger partial charge in [-0.05, 0) is 30.2 Å². The maximum Gasteiger partial charge on any atom is 0.303 e. The summed E-state index contributed by atoms with van der Waals surface area (Å²) >= 11 is 0. The van der Waals surface area contributed by atoms with Crippen LogP contribution in [0.5, 0.6) is 0 Å². The van der Waals surface area contributed by atoms with Crippen LogP contribution in [0.4, 0.5) is 11.4 Å². The number of nitrogen functional groups attached to an aromatic ring is 2. The predicted molar refractivity (Wildman–Crippen MR) is 60.1 cm³/mol.